The smallest absolute Gasteiger partial charge is 0.305 e. The van der Waals surface area contributed by atoms with Crippen LogP contribution in [0.4, 0.5) is 5.69 Å². The molecule has 0 aliphatic rings. The molecule has 1 aromatic rings. The van der Waals surface area contributed by atoms with Crippen molar-refractivity contribution in [2.24, 2.45) is 0 Å². The van der Waals surface area contributed by atoms with Gasteiger partial charge in [-0.15, -0.1) is 0 Å². The van der Waals surface area contributed by atoms with E-state index in [-0.39, 0.29) is 18.6 Å². The average Bonchev–Trinajstić information content (AvgIpc) is 2.33. The Morgan fingerprint density at radius 1 is 1.20 bits per heavy atom. The molecule has 0 amide bonds. The quantitative estimate of drug-likeness (QED) is 0.818. The molecule has 20 heavy (non-hydrogen) atoms. The molecule has 1 aromatic carbocycles. The second-order valence-corrected chi connectivity index (χ2v) is 6.72. The van der Waals surface area contributed by atoms with Crippen LogP contribution in [0.1, 0.15) is 29.5 Å². The predicted molar refractivity (Wildman–Crippen MR) is 79.3 cm³/mol. The van der Waals surface area contributed by atoms with Crippen LogP contribution in [0.3, 0.4) is 0 Å². The van der Waals surface area contributed by atoms with Gasteiger partial charge in [-0.05, 0) is 38.3 Å². The van der Waals surface area contributed by atoms with Crippen molar-refractivity contribution < 1.29 is 17.9 Å². The highest BCUT2D eigenvalue weighted by atomic mass is 32.2. The number of sulfonamides is 1. The summed E-state index contributed by atoms with van der Waals surface area (Å²) in [5.41, 5.74) is 3.49. The number of ether oxygens (including phenoxy) is 1. The van der Waals surface area contributed by atoms with Gasteiger partial charge in [-0.1, -0.05) is 17.7 Å². The lowest BCUT2D eigenvalue weighted by Crippen LogP contribution is -2.19. The highest BCUT2D eigenvalue weighted by molar-refractivity contribution is 7.92. The Morgan fingerprint density at radius 2 is 1.75 bits per heavy atom. The molecule has 0 atom stereocenters. The molecule has 0 saturated heterocycles. The molecule has 5 nitrogen and oxygen atoms in total. The molecule has 0 bridgehead atoms. The molecule has 0 radical (unpaired) electrons. The van der Waals surface area contributed by atoms with Gasteiger partial charge in [0.15, 0.2) is 0 Å². The second-order valence-electron chi connectivity index (χ2n) is 4.87. The number of hydrogen-bond donors (Lipinski definition) is 1. The highest BCUT2D eigenvalue weighted by Gasteiger charge is 2.14. The van der Waals surface area contributed by atoms with Crippen molar-refractivity contribution in [1.82, 2.24) is 0 Å². The van der Waals surface area contributed by atoms with Crippen molar-refractivity contribution in [2.45, 2.75) is 33.6 Å². The van der Waals surface area contributed by atoms with Gasteiger partial charge in [0.2, 0.25) is 10.0 Å². The SMILES string of the molecule is COC(=O)CCCS(=O)(=O)Nc1c(C)cc(C)cc1C. The minimum absolute atomic E-state index is 0.100. The summed E-state index contributed by atoms with van der Waals surface area (Å²) < 4.78 is 31.1. The summed E-state index contributed by atoms with van der Waals surface area (Å²) in [6, 6.07) is 3.86. The number of aryl methyl sites for hydroxylation is 3. The van der Waals surface area contributed by atoms with Crippen LogP contribution < -0.4 is 4.72 Å². The molecular formula is C14H21NO4S. The first-order valence-electron chi connectivity index (χ1n) is 6.40. The number of esters is 1. The summed E-state index contributed by atoms with van der Waals surface area (Å²) in [4.78, 5) is 11.0. The third kappa shape index (κ3) is 4.85. The van der Waals surface area contributed by atoms with Crippen LogP contribution in [0.15, 0.2) is 12.1 Å². The molecule has 0 spiro atoms. The van der Waals surface area contributed by atoms with Crippen molar-refractivity contribution in [3.63, 3.8) is 0 Å². The lowest BCUT2D eigenvalue weighted by molar-refractivity contribution is -0.140. The van der Waals surface area contributed by atoms with E-state index in [9.17, 15) is 13.2 Å². The van der Waals surface area contributed by atoms with Gasteiger partial charge in [-0.3, -0.25) is 9.52 Å². The van der Waals surface area contributed by atoms with Crippen molar-refractivity contribution in [3.05, 3.63) is 28.8 Å². The molecular weight excluding hydrogens is 278 g/mol. The van der Waals surface area contributed by atoms with Crippen LogP contribution in [0.25, 0.3) is 0 Å². The molecule has 0 aliphatic carbocycles. The summed E-state index contributed by atoms with van der Waals surface area (Å²) in [5.74, 6) is -0.502. The van der Waals surface area contributed by atoms with E-state index in [0.29, 0.717) is 5.69 Å². The molecule has 6 heteroatoms. The number of carbonyl (C=O) groups excluding carboxylic acids is 1. The molecule has 0 aliphatic heterocycles. The standard InChI is InChI=1S/C14H21NO4S/c1-10-8-11(2)14(12(3)9-10)15-20(17,18)7-5-6-13(16)19-4/h8-9,15H,5-7H2,1-4H3. The Labute approximate surface area is 120 Å². The van der Waals surface area contributed by atoms with E-state index in [2.05, 4.69) is 9.46 Å². The second kappa shape index (κ2) is 6.74. The fourth-order valence-corrected chi connectivity index (χ4v) is 3.32. The van der Waals surface area contributed by atoms with Crippen molar-refractivity contribution >= 4 is 21.7 Å². The van der Waals surface area contributed by atoms with Crippen LogP contribution in [0.2, 0.25) is 0 Å². The normalized spacial score (nSPS) is 11.2. The van der Waals surface area contributed by atoms with Crippen molar-refractivity contribution in [3.8, 4) is 0 Å². The molecule has 1 rings (SSSR count). The first-order valence-corrected chi connectivity index (χ1v) is 8.05. The molecule has 0 heterocycles. The predicted octanol–water partition coefficient (Wildman–Crippen LogP) is 2.31. The number of anilines is 1. The third-order valence-corrected chi connectivity index (χ3v) is 4.30. The van der Waals surface area contributed by atoms with Crippen LogP contribution in [0.5, 0.6) is 0 Å². The zero-order valence-electron chi connectivity index (χ0n) is 12.3. The molecule has 0 saturated carbocycles. The summed E-state index contributed by atoms with van der Waals surface area (Å²) in [7, 11) is -2.17. The van der Waals surface area contributed by atoms with Gasteiger partial charge >= 0.3 is 5.97 Å². The minimum Gasteiger partial charge on any atom is -0.469 e. The molecule has 0 fully saturated rings. The zero-order chi connectivity index (χ0) is 15.3. The third-order valence-electron chi connectivity index (χ3n) is 2.96. The number of carbonyl (C=O) groups is 1. The van der Waals surface area contributed by atoms with Crippen LogP contribution >= 0.6 is 0 Å². The maximum atomic E-state index is 12.0. The first kappa shape index (κ1) is 16.5. The fraction of sp³-hybridized carbons (Fsp3) is 0.500. The van der Waals surface area contributed by atoms with Gasteiger partial charge in [0.05, 0.1) is 18.6 Å². The summed E-state index contributed by atoms with van der Waals surface area (Å²) >= 11 is 0. The van der Waals surface area contributed by atoms with Gasteiger partial charge < -0.3 is 4.74 Å². The summed E-state index contributed by atoms with van der Waals surface area (Å²) in [5, 5.41) is 0. The minimum atomic E-state index is -3.45. The number of methoxy groups -OCH3 is 1. The molecule has 0 aromatic heterocycles. The van der Waals surface area contributed by atoms with Crippen molar-refractivity contribution in [2.75, 3.05) is 17.6 Å². The first-order chi connectivity index (χ1) is 9.25. The monoisotopic (exact) mass is 299 g/mol. The van der Waals surface area contributed by atoms with E-state index in [1.807, 2.05) is 32.9 Å². The Morgan fingerprint density at radius 3 is 2.25 bits per heavy atom. The largest absolute Gasteiger partial charge is 0.469 e. The maximum absolute atomic E-state index is 12.0. The van der Waals surface area contributed by atoms with E-state index in [1.54, 1.807) is 0 Å². The molecule has 0 unspecified atom stereocenters. The molecule has 112 valence electrons. The number of nitrogens with one attached hydrogen (secondary N) is 1. The number of hydrogen-bond acceptors (Lipinski definition) is 4. The maximum Gasteiger partial charge on any atom is 0.305 e. The Hall–Kier alpha value is -1.56. The van der Waals surface area contributed by atoms with E-state index in [4.69, 9.17) is 0 Å². The Bertz CT molecular complexity index is 570. The van der Waals surface area contributed by atoms with E-state index in [0.717, 1.165) is 16.7 Å². The fourth-order valence-electron chi connectivity index (χ4n) is 2.06. The van der Waals surface area contributed by atoms with Crippen molar-refractivity contribution in [1.29, 1.82) is 0 Å². The van der Waals surface area contributed by atoms with E-state index in [1.165, 1.54) is 7.11 Å². The number of benzene rings is 1. The topological polar surface area (TPSA) is 72.5 Å². The van der Waals surface area contributed by atoms with Gasteiger partial charge in [0, 0.05) is 6.42 Å². The lowest BCUT2D eigenvalue weighted by atomic mass is 10.1. The number of rotatable bonds is 6. The summed E-state index contributed by atoms with van der Waals surface area (Å²) in [6.45, 7) is 5.70. The van der Waals surface area contributed by atoms with Gasteiger partial charge in [-0.25, -0.2) is 8.42 Å². The van der Waals surface area contributed by atoms with Gasteiger partial charge in [-0.2, -0.15) is 0 Å². The van der Waals surface area contributed by atoms with Crippen LogP contribution in [0, 0.1) is 20.8 Å². The lowest BCUT2D eigenvalue weighted by Gasteiger charge is -2.14. The Balaban J connectivity index is 2.74. The van der Waals surface area contributed by atoms with Gasteiger partial charge in [0.25, 0.3) is 0 Å². The Kier molecular flexibility index (Phi) is 5.56. The zero-order valence-corrected chi connectivity index (χ0v) is 13.1. The van der Waals surface area contributed by atoms with E-state index >= 15 is 0 Å². The molecule has 1 N–H and O–H groups in total. The van der Waals surface area contributed by atoms with E-state index < -0.39 is 16.0 Å². The van der Waals surface area contributed by atoms with Crippen LogP contribution in [-0.4, -0.2) is 27.2 Å². The summed E-state index contributed by atoms with van der Waals surface area (Å²) in [6.07, 6.45) is 0.342. The van der Waals surface area contributed by atoms with Gasteiger partial charge in [0.1, 0.15) is 0 Å². The average molecular weight is 299 g/mol. The van der Waals surface area contributed by atoms with Crippen LogP contribution in [-0.2, 0) is 19.6 Å². The highest BCUT2D eigenvalue weighted by Crippen LogP contribution is 2.23.